The van der Waals surface area contributed by atoms with E-state index in [4.69, 9.17) is 21.3 Å². The van der Waals surface area contributed by atoms with Crippen LogP contribution < -0.4 is 20.2 Å². The van der Waals surface area contributed by atoms with Crippen LogP contribution in [0.5, 0.6) is 5.75 Å². The number of nitrogens with zero attached hydrogens (tertiary/aromatic N) is 4. The summed E-state index contributed by atoms with van der Waals surface area (Å²) in [5, 5.41) is 12.5. The van der Waals surface area contributed by atoms with Crippen molar-refractivity contribution in [1.29, 1.82) is 0 Å². The van der Waals surface area contributed by atoms with Crippen molar-refractivity contribution >= 4 is 23.2 Å². The van der Waals surface area contributed by atoms with Crippen molar-refractivity contribution < 1.29 is 9.84 Å². The number of likely N-dealkylation sites (tertiary alicyclic amines) is 1. The summed E-state index contributed by atoms with van der Waals surface area (Å²) in [7, 11) is 0. The summed E-state index contributed by atoms with van der Waals surface area (Å²) >= 11 is 6.03. The fourth-order valence-electron chi connectivity index (χ4n) is 4.43. The zero-order valence-corrected chi connectivity index (χ0v) is 19.1. The van der Waals surface area contributed by atoms with E-state index in [0.29, 0.717) is 22.3 Å². The Balaban J connectivity index is 1.40. The van der Waals surface area contributed by atoms with E-state index in [0.717, 1.165) is 36.7 Å². The van der Waals surface area contributed by atoms with Crippen LogP contribution >= 0.6 is 11.6 Å². The van der Waals surface area contributed by atoms with Crippen molar-refractivity contribution in [3.05, 3.63) is 52.3 Å². The molecule has 0 bridgehead atoms. The molecule has 6 nitrogen and oxygen atoms in total. The number of aromatic nitrogens is 1. The summed E-state index contributed by atoms with van der Waals surface area (Å²) in [5.74, 6) is 1.79. The molecule has 1 aromatic carbocycles. The number of benzene rings is 1. The van der Waals surface area contributed by atoms with Crippen LogP contribution in [0.2, 0.25) is 5.15 Å². The molecule has 3 heterocycles. The fourth-order valence-corrected chi connectivity index (χ4v) is 4.59. The second kappa shape index (κ2) is 9.88. The highest BCUT2D eigenvalue weighted by Crippen LogP contribution is 2.27. The summed E-state index contributed by atoms with van der Waals surface area (Å²) in [6, 6.07) is 9.48. The first-order valence-electron chi connectivity index (χ1n) is 11.2. The van der Waals surface area contributed by atoms with Gasteiger partial charge in [-0.15, -0.1) is 0 Å². The maximum Gasteiger partial charge on any atom is 0.203 e. The highest BCUT2D eigenvalue weighted by atomic mass is 35.5. The quantitative estimate of drug-likeness (QED) is 0.523. The minimum absolute atomic E-state index is 0.144. The lowest BCUT2D eigenvalue weighted by molar-refractivity contribution is 0.170. The number of fused-ring (bicyclic) bond motifs is 1. The summed E-state index contributed by atoms with van der Waals surface area (Å²) < 4.78 is 5.95. The standard InChI is InChI=1S/C24H31ClN4O2/c1-3-23-27-21-15-26-22(25)14-20(21)24(30)29(23)18-7-9-19(10-8-18)31-13-5-12-28-11-4-6-17(2)16-28/h7-10,14-15,17,23,30H,3-6,11-13,16H2,1-2H3/t17-,23?/m0/s1. The number of halogens is 1. The van der Waals surface area contributed by atoms with Crippen LogP contribution in [-0.2, 0) is 0 Å². The van der Waals surface area contributed by atoms with Crippen LogP contribution in [0.25, 0.3) is 5.88 Å². The maximum atomic E-state index is 10.9. The Morgan fingerprint density at radius 3 is 2.81 bits per heavy atom. The predicted molar refractivity (Wildman–Crippen MR) is 124 cm³/mol. The molecule has 1 aromatic heterocycles. The number of anilines is 1. The van der Waals surface area contributed by atoms with Gasteiger partial charge in [0.25, 0.3) is 0 Å². The molecular formula is C24H31ClN4O2. The number of hydrogen-bond acceptors (Lipinski definition) is 6. The van der Waals surface area contributed by atoms with Crippen molar-refractivity contribution in [3.63, 3.8) is 0 Å². The minimum Gasteiger partial charge on any atom is -0.494 e. The van der Waals surface area contributed by atoms with Crippen LogP contribution in [0, 0.1) is 5.92 Å². The normalized spacial score (nSPS) is 21.5. The van der Waals surface area contributed by atoms with Crippen molar-refractivity contribution in [1.82, 2.24) is 9.88 Å². The number of aliphatic hydroxyl groups is 1. The molecule has 7 heteroatoms. The van der Waals surface area contributed by atoms with E-state index in [2.05, 4.69) is 16.8 Å². The molecule has 31 heavy (non-hydrogen) atoms. The molecule has 166 valence electrons. The third-order valence-electron chi connectivity index (χ3n) is 6.01. The predicted octanol–water partition coefficient (Wildman–Crippen LogP) is 3.74. The van der Waals surface area contributed by atoms with E-state index in [1.807, 2.05) is 36.1 Å². The Bertz CT molecular complexity index is 1010. The molecule has 0 saturated carbocycles. The third kappa shape index (κ3) is 5.13. The zero-order valence-electron chi connectivity index (χ0n) is 18.3. The fraction of sp³-hybridized carbons (Fsp3) is 0.500. The number of pyridine rings is 1. The highest BCUT2D eigenvalue weighted by molar-refractivity contribution is 6.29. The second-order valence-corrected chi connectivity index (χ2v) is 8.87. The number of hydrogen-bond donors (Lipinski definition) is 1. The van der Waals surface area contributed by atoms with Gasteiger partial charge in [-0.3, -0.25) is 9.89 Å². The van der Waals surface area contributed by atoms with E-state index in [1.165, 1.54) is 25.9 Å². The largest absolute Gasteiger partial charge is 0.494 e. The van der Waals surface area contributed by atoms with Crippen molar-refractivity contribution in [2.75, 3.05) is 31.1 Å². The van der Waals surface area contributed by atoms with Crippen LogP contribution in [0.15, 0.2) is 41.5 Å². The highest BCUT2D eigenvalue weighted by Gasteiger charge is 2.24. The Morgan fingerprint density at radius 1 is 1.26 bits per heavy atom. The second-order valence-electron chi connectivity index (χ2n) is 8.48. The maximum absolute atomic E-state index is 10.9. The lowest BCUT2D eigenvalue weighted by atomic mass is 10.0. The van der Waals surface area contributed by atoms with Crippen molar-refractivity contribution in [2.45, 2.75) is 45.7 Å². The molecule has 0 radical (unpaired) electrons. The van der Waals surface area contributed by atoms with Crippen LogP contribution in [-0.4, -0.2) is 47.4 Å². The number of ether oxygens (including phenoxy) is 1. The van der Waals surface area contributed by atoms with E-state index in [1.54, 1.807) is 12.3 Å². The van der Waals surface area contributed by atoms with Crippen molar-refractivity contribution in [2.24, 2.45) is 10.9 Å². The first-order chi connectivity index (χ1) is 15.0. The Morgan fingerprint density at radius 2 is 2.06 bits per heavy atom. The van der Waals surface area contributed by atoms with E-state index < -0.39 is 0 Å². The molecule has 0 aliphatic carbocycles. The van der Waals surface area contributed by atoms with E-state index >= 15 is 0 Å². The lowest BCUT2D eigenvalue weighted by Gasteiger charge is -2.31. The molecular weight excluding hydrogens is 412 g/mol. The molecule has 0 spiro atoms. The van der Waals surface area contributed by atoms with E-state index in [9.17, 15) is 5.11 Å². The number of piperidine rings is 1. The van der Waals surface area contributed by atoms with Crippen molar-refractivity contribution in [3.8, 4) is 5.75 Å². The molecule has 1 saturated heterocycles. The topological polar surface area (TPSA) is 61.2 Å². The van der Waals surface area contributed by atoms with Gasteiger partial charge in [-0.25, -0.2) is 4.98 Å². The number of rotatable bonds is 7. The van der Waals surface area contributed by atoms with Gasteiger partial charge < -0.3 is 14.7 Å². The molecule has 2 aromatic rings. The monoisotopic (exact) mass is 442 g/mol. The molecule has 2 atom stereocenters. The first kappa shape index (κ1) is 21.9. The Hall–Kier alpha value is -2.31. The van der Waals surface area contributed by atoms with Crippen LogP contribution in [0.3, 0.4) is 0 Å². The van der Waals surface area contributed by atoms with Gasteiger partial charge in [0.05, 0.1) is 23.4 Å². The zero-order chi connectivity index (χ0) is 21.8. The minimum atomic E-state index is -0.200. The molecule has 2 aliphatic heterocycles. The molecule has 2 aliphatic rings. The lowest BCUT2D eigenvalue weighted by Crippen LogP contribution is -2.46. The van der Waals surface area contributed by atoms with Crippen LogP contribution in [0.1, 0.15) is 39.5 Å². The van der Waals surface area contributed by atoms with Gasteiger partial charge in [0.2, 0.25) is 5.88 Å². The van der Waals surface area contributed by atoms with Gasteiger partial charge in [0.1, 0.15) is 17.1 Å². The van der Waals surface area contributed by atoms with Gasteiger partial charge in [0.15, 0.2) is 0 Å². The summed E-state index contributed by atoms with van der Waals surface area (Å²) in [5.41, 5.74) is 0.862. The average molecular weight is 443 g/mol. The van der Waals surface area contributed by atoms with Gasteiger partial charge in [0, 0.05) is 18.8 Å². The first-order valence-corrected chi connectivity index (χ1v) is 11.6. The molecule has 1 N–H and O–H groups in total. The molecule has 0 amide bonds. The van der Waals surface area contributed by atoms with E-state index in [-0.39, 0.29) is 12.0 Å². The van der Waals surface area contributed by atoms with Gasteiger partial charge in [-0.2, -0.15) is 0 Å². The molecule has 1 unspecified atom stereocenters. The number of aliphatic hydroxyl groups excluding tert-OH is 1. The van der Waals surface area contributed by atoms with Gasteiger partial charge >= 0.3 is 0 Å². The van der Waals surface area contributed by atoms with Gasteiger partial charge in [-0.1, -0.05) is 25.4 Å². The Kier molecular flexibility index (Phi) is 6.98. The smallest absolute Gasteiger partial charge is 0.203 e. The molecule has 1 fully saturated rings. The summed E-state index contributed by atoms with van der Waals surface area (Å²) in [6.07, 6.45) is 5.84. The molecule has 4 rings (SSSR count). The average Bonchev–Trinajstić information content (AvgIpc) is 2.78. The third-order valence-corrected chi connectivity index (χ3v) is 6.22. The SMILES string of the molecule is CCC1N=c2cnc(Cl)cc2=C(O)N1c1ccc(OCCCN2CCC[C@H](C)C2)cc1. The summed E-state index contributed by atoms with van der Waals surface area (Å²) in [6.45, 7) is 8.60. The Labute approximate surface area is 188 Å². The van der Waals surface area contributed by atoms with Crippen LogP contribution in [0.4, 0.5) is 5.69 Å². The summed E-state index contributed by atoms with van der Waals surface area (Å²) in [4.78, 5) is 13.2. The van der Waals surface area contributed by atoms with Gasteiger partial charge in [-0.05, 0) is 68.5 Å².